The van der Waals surface area contributed by atoms with Gasteiger partial charge in [0.25, 0.3) is 5.91 Å². The van der Waals surface area contributed by atoms with Gasteiger partial charge < -0.3 is 10.2 Å². The SMILES string of the molecule is CN(Cc1ccccc1)c1cnc(C(=O)Nc2ccccc2F)cn1. The second kappa shape index (κ2) is 7.53. The summed E-state index contributed by atoms with van der Waals surface area (Å²) >= 11 is 0. The molecule has 2 aromatic carbocycles. The third-order valence-corrected chi connectivity index (χ3v) is 3.65. The molecule has 3 aromatic rings. The molecule has 1 heterocycles. The fraction of sp³-hybridized carbons (Fsp3) is 0.105. The lowest BCUT2D eigenvalue weighted by molar-refractivity contribution is 0.102. The van der Waals surface area contributed by atoms with E-state index in [0.29, 0.717) is 12.4 Å². The predicted molar refractivity (Wildman–Crippen MR) is 94.9 cm³/mol. The Hall–Kier alpha value is -3.28. The Labute approximate surface area is 145 Å². The number of carbonyl (C=O) groups is 1. The molecular formula is C19H17FN4O. The highest BCUT2D eigenvalue weighted by atomic mass is 19.1. The molecule has 0 spiro atoms. The zero-order chi connectivity index (χ0) is 17.6. The largest absolute Gasteiger partial charge is 0.354 e. The van der Waals surface area contributed by atoms with E-state index in [-0.39, 0.29) is 11.4 Å². The molecule has 25 heavy (non-hydrogen) atoms. The number of amides is 1. The second-order valence-corrected chi connectivity index (χ2v) is 5.54. The smallest absolute Gasteiger partial charge is 0.275 e. The van der Waals surface area contributed by atoms with Crippen LogP contribution in [0.3, 0.4) is 0 Å². The van der Waals surface area contributed by atoms with Crippen molar-refractivity contribution in [2.45, 2.75) is 6.54 Å². The van der Waals surface area contributed by atoms with E-state index in [0.717, 1.165) is 5.56 Å². The maximum absolute atomic E-state index is 13.6. The van der Waals surface area contributed by atoms with Crippen LogP contribution >= 0.6 is 0 Å². The summed E-state index contributed by atoms with van der Waals surface area (Å²) in [7, 11) is 1.90. The summed E-state index contributed by atoms with van der Waals surface area (Å²) in [6.45, 7) is 0.677. The maximum atomic E-state index is 13.6. The molecule has 0 bridgehead atoms. The Morgan fingerprint density at radius 2 is 1.76 bits per heavy atom. The summed E-state index contributed by atoms with van der Waals surface area (Å²) in [6, 6.07) is 15.9. The van der Waals surface area contributed by atoms with Crippen molar-refractivity contribution >= 4 is 17.4 Å². The van der Waals surface area contributed by atoms with Crippen LogP contribution in [0.1, 0.15) is 16.1 Å². The Kier molecular flexibility index (Phi) is 4.99. The third kappa shape index (κ3) is 4.17. The topological polar surface area (TPSA) is 58.1 Å². The zero-order valence-electron chi connectivity index (χ0n) is 13.7. The first-order chi connectivity index (χ1) is 12.1. The summed E-state index contributed by atoms with van der Waals surface area (Å²) < 4.78 is 13.6. The van der Waals surface area contributed by atoms with E-state index in [4.69, 9.17) is 0 Å². The normalized spacial score (nSPS) is 10.3. The van der Waals surface area contributed by atoms with Gasteiger partial charge in [0.1, 0.15) is 17.3 Å². The predicted octanol–water partition coefficient (Wildman–Crippen LogP) is 3.50. The highest BCUT2D eigenvalue weighted by molar-refractivity contribution is 6.02. The van der Waals surface area contributed by atoms with Crippen molar-refractivity contribution in [3.63, 3.8) is 0 Å². The van der Waals surface area contributed by atoms with Crippen LogP contribution in [0.2, 0.25) is 0 Å². The number of nitrogens with one attached hydrogen (secondary N) is 1. The van der Waals surface area contributed by atoms with Crippen molar-refractivity contribution in [1.82, 2.24) is 9.97 Å². The number of rotatable bonds is 5. The Morgan fingerprint density at radius 3 is 2.44 bits per heavy atom. The average Bonchev–Trinajstić information content (AvgIpc) is 2.64. The number of hydrogen-bond acceptors (Lipinski definition) is 4. The molecule has 3 rings (SSSR count). The van der Waals surface area contributed by atoms with Gasteiger partial charge in [-0.05, 0) is 17.7 Å². The van der Waals surface area contributed by atoms with Gasteiger partial charge in [0, 0.05) is 13.6 Å². The van der Waals surface area contributed by atoms with Crippen molar-refractivity contribution < 1.29 is 9.18 Å². The van der Waals surface area contributed by atoms with Gasteiger partial charge in [-0.15, -0.1) is 0 Å². The van der Waals surface area contributed by atoms with Gasteiger partial charge in [-0.2, -0.15) is 0 Å². The number of hydrogen-bond donors (Lipinski definition) is 1. The fourth-order valence-electron chi connectivity index (χ4n) is 2.32. The summed E-state index contributed by atoms with van der Waals surface area (Å²) in [5, 5.41) is 2.48. The monoisotopic (exact) mass is 336 g/mol. The van der Waals surface area contributed by atoms with E-state index < -0.39 is 11.7 Å². The highest BCUT2D eigenvalue weighted by Crippen LogP contribution is 2.15. The quantitative estimate of drug-likeness (QED) is 0.775. The summed E-state index contributed by atoms with van der Waals surface area (Å²) in [6.07, 6.45) is 2.91. The van der Waals surface area contributed by atoms with Crippen molar-refractivity contribution in [1.29, 1.82) is 0 Å². The van der Waals surface area contributed by atoms with E-state index in [2.05, 4.69) is 15.3 Å². The average molecular weight is 336 g/mol. The zero-order valence-corrected chi connectivity index (χ0v) is 13.7. The van der Waals surface area contributed by atoms with Crippen molar-refractivity contribution in [2.24, 2.45) is 0 Å². The molecule has 0 aliphatic heterocycles. The van der Waals surface area contributed by atoms with Crippen LogP contribution in [0.25, 0.3) is 0 Å². The summed E-state index contributed by atoms with van der Waals surface area (Å²) in [5.74, 6) is -0.357. The maximum Gasteiger partial charge on any atom is 0.275 e. The lowest BCUT2D eigenvalue weighted by atomic mass is 10.2. The first-order valence-electron chi connectivity index (χ1n) is 7.76. The number of halogens is 1. The van der Waals surface area contributed by atoms with Crippen molar-refractivity contribution in [3.05, 3.63) is 84.1 Å². The lowest BCUT2D eigenvalue weighted by Crippen LogP contribution is -2.19. The molecule has 0 radical (unpaired) electrons. The number of aromatic nitrogens is 2. The van der Waals surface area contributed by atoms with Gasteiger partial charge in [-0.1, -0.05) is 42.5 Å². The van der Waals surface area contributed by atoms with E-state index in [1.807, 2.05) is 42.3 Å². The van der Waals surface area contributed by atoms with Crippen LogP contribution in [0, 0.1) is 5.82 Å². The standard InChI is InChI=1S/C19H17FN4O/c1-24(13-14-7-3-2-4-8-14)18-12-21-17(11-22-18)19(25)23-16-10-6-5-9-15(16)20/h2-12H,13H2,1H3,(H,23,25). The lowest BCUT2D eigenvalue weighted by Gasteiger charge is -2.17. The minimum absolute atomic E-state index is 0.111. The van der Waals surface area contributed by atoms with E-state index in [1.54, 1.807) is 12.1 Å². The van der Waals surface area contributed by atoms with Gasteiger partial charge in [0.15, 0.2) is 0 Å². The minimum atomic E-state index is -0.505. The van der Waals surface area contributed by atoms with E-state index in [1.165, 1.54) is 24.5 Å². The molecule has 1 N–H and O–H groups in total. The molecule has 5 nitrogen and oxygen atoms in total. The number of anilines is 2. The molecular weight excluding hydrogens is 319 g/mol. The van der Waals surface area contributed by atoms with Crippen molar-refractivity contribution in [2.75, 3.05) is 17.3 Å². The highest BCUT2D eigenvalue weighted by Gasteiger charge is 2.12. The molecule has 0 aliphatic rings. The Morgan fingerprint density at radius 1 is 1.04 bits per heavy atom. The van der Waals surface area contributed by atoms with Crippen LogP contribution in [0.5, 0.6) is 0 Å². The molecule has 1 aromatic heterocycles. The molecule has 0 aliphatic carbocycles. The van der Waals surface area contributed by atoms with Crippen LogP contribution < -0.4 is 10.2 Å². The van der Waals surface area contributed by atoms with E-state index in [9.17, 15) is 9.18 Å². The number of nitrogens with zero attached hydrogens (tertiary/aromatic N) is 3. The number of carbonyl (C=O) groups excluding carboxylic acids is 1. The number of para-hydroxylation sites is 1. The minimum Gasteiger partial charge on any atom is -0.354 e. The van der Waals surface area contributed by atoms with Crippen LogP contribution in [-0.2, 0) is 6.54 Å². The van der Waals surface area contributed by atoms with E-state index >= 15 is 0 Å². The van der Waals surface area contributed by atoms with Crippen LogP contribution in [0.4, 0.5) is 15.9 Å². The molecule has 0 saturated heterocycles. The molecule has 1 amide bonds. The third-order valence-electron chi connectivity index (χ3n) is 3.65. The van der Waals surface area contributed by atoms with Gasteiger partial charge in [0.2, 0.25) is 0 Å². The van der Waals surface area contributed by atoms with Crippen LogP contribution in [-0.4, -0.2) is 22.9 Å². The first-order valence-corrected chi connectivity index (χ1v) is 7.76. The van der Waals surface area contributed by atoms with Crippen LogP contribution in [0.15, 0.2) is 67.0 Å². The summed E-state index contributed by atoms with van der Waals surface area (Å²) in [5.41, 5.74) is 1.38. The first kappa shape index (κ1) is 16.6. The van der Waals surface area contributed by atoms with Gasteiger partial charge in [0.05, 0.1) is 18.1 Å². The van der Waals surface area contributed by atoms with Crippen molar-refractivity contribution in [3.8, 4) is 0 Å². The van der Waals surface area contributed by atoms with Gasteiger partial charge in [-0.3, -0.25) is 4.79 Å². The Bertz CT molecular complexity index is 853. The molecule has 0 saturated carbocycles. The Balaban J connectivity index is 1.67. The second-order valence-electron chi connectivity index (χ2n) is 5.54. The number of benzene rings is 2. The summed E-state index contributed by atoms with van der Waals surface area (Å²) in [4.78, 5) is 22.5. The molecule has 0 unspecified atom stereocenters. The molecule has 126 valence electrons. The molecule has 0 atom stereocenters. The fourth-order valence-corrected chi connectivity index (χ4v) is 2.32. The molecule has 6 heteroatoms. The molecule has 0 fully saturated rings. The van der Waals surface area contributed by atoms with Gasteiger partial charge in [-0.25, -0.2) is 14.4 Å². The van der Waals surface area contributed by atoms with Gasteiger partial charge >= 0.3 is 0 Å².